The molecular formula is C15H18N2O2. The van der Waals surface area contributed by atoms with Crippen molar-refractivity contribution in [2.75, 3.05) is 0 Å². The highest BCUT2D eigenvalue weighted by molar-refractivity contribution is 5.74. The Kier molecular flexibility index (Phi) is 2.73. The predicted molar refractivity (Wildman–Crippen MR) is 74.5 cm³/mol. The van der Waals surface area contributed by atoms with Crippen LogP contribution in [0.25, 0.3) is 11.1 Å². The second kappa shape index (κ2) is 4.30. The van der Waals surface area contributed by atoms with Crippen molar-refractivity contribution in [3.05, 3.63) is 39.7 Å². The number of hydrogen-bond acceptors (Lipinski definition) is 2. The first kappa shape index (κ1) is 12.1. The topological polar surface area (TPSA) is 47.2 Å². The molecule has 0 radical (unpaired) electrons. The highest BCUT2D eigenvalue weighted by atomic mass is 16.3. The molecule has 0 spiro atoms. The Balaban J connectivity index is 2.33. The molecule has 0 saturated heterocycles. The van der Waals surface area contributed by atoms with Gasteiger partial charge in [0.05, 0.1) is 0 Å². The first-order valence-electron chi connectivity index (χ1n) is 6.70. The lowest BCUT2D eigenvalue weighted by Gasteiger charge is -2.16. The number of rotatable bonds is 1. The summed E-state index contributed by atoms with van der Waals surface area (Å²) < 4.78 is 3.38. The van der Waals surface area contributed by atoms with E-state index in [2.05, 4.69) is 0 Å². The fourth-order valence-electron chi connectivity index (χ4n) is 2.98. The van der Waals surface area contributed by atoms with Crippen LogP contribution in [0.4, 0.5) is 0 Å². The number of aromatic hydroxyl groups is 1. The maximum atomic E-state index is 12.5. The molecule has 0 bridgehead atoms. The van der Waals surface area contributed by atoms with Crippen molar-refractivity contribution in [1.29, 1.82) is 0 Å². The van der Waals surface area contributed by atoms with Crippen LogP contribution >= 0.6 is 0 Å². The van der Waals surface area contributed by atoms with Crippen LogP contribution in [0.3, 0.4) is 0 Å². The van der Waals surface area contributed by atoms with Crippen LogP contribution in [0.15, 0.2) is 23.0 Å². The van der Waals surface area contributed by atoms with Gasteiger partial charge in [-0.25, -0.2) is 4.68 Å². The third kappa shape index (κ3) is 1.70. The van der Waals surface area contributed by atoms with Gasteiger partial charge >= 0.3 is 0 Å². The number of aromatic nitrogens is 2. The third-order valence-corrected chi connectivity index (χ3v) is 3.93. The normalized spacial score (nSPS) is 14.4. The Hall–Kier alpha value is -1.97. The molecule has 0 saturated carbocycles. The molecule has 1 aromatic heterocycles. The summed E-state index contributed by atoms with van der Waals surface area (Å²) in [4.78, 5) is 12.5. The molecule has 2 heterocycles. The van der Waals surface area contributed by atoms with Crippen molar-refractivity contribution in [2.45, 2.75) is 39.8 Å². The maximum Gasteiger partial charge on any atom is 0.278 e. The van der Waals surface area contributed by atoms with Gasteiger partial charge in [0.15, 0.2) is 0 Å². The molecule has 1 aromatic carbocycles. The van der Waals surface area contributed by atoms with E-state index in [1.807, 2.05) is 32.0 Å². The maximum absolute atomic E-state index is 12.5. The minimum Gasteiger partial charge on any atom is -0.493 e. The summed E-state index contributed by atoms with van der Waals surface area (Å²) in [5.41, 5.74) is 3.30. The van der Waals surface area contributed by atoms with E-state index in [-0.39, 0.29) is 11.4 Å². The summed E-state index contributed by atoms with van der Waals surface area (Å²) in [6.45, 7) is 5.36. The van der Waals surface area contributed by atoms with Gasteiger partial charge in [0.25, 0.3) is 5.56 Å². The van der Waals surface area contributed by atoms with Gasteiger partial charge in [0.1, 0.15) is 5.56 Å². The Morgan fingerprint density at radius 3 is 2.16 bits per heavy atom. The van der Waals surface area contributed by atoms with Crippen LogP contribution < -0.4 is 5.56 Å². The Labute approximate surface area is 111 Å². The van der Waals surface area contributed by atoms with Crippen molar-refractivity contribution < 1.29 is 5.11 Å². The van der Waals surface area contributed by atoms with Crippen LogP contribution in [0.2, 0.25) is 0 Å². The van der Waals surface area contributed by atoms with E-state index in [1.54, 1.807) is 9.36 Å². The van der Waals surface area contributed by atoms with Crippen LogP contribution in [0.1, 0.15) is 24.0 Å². The molecule has 1 aliphatic rings. The molecule has 0 unspecified atom stereocenters. The molecule has 100 valence electrons. The van der Waals surface area contributed by atoms with Gasteiger partial charge in [-0.05, 0) is 43.4 Å². The molecule has 0 amide bonds. The lowest BCUT2D eigenvalue weighted by atomic mass is 9.98. The van der Waals surface area contributed by atoms with E-state index in [9.17, 15) is 9.90 Å². The standard InChI is InChI=1S/C15H18N2O2/c1-10-6-5-7-11(2)12(10)13-14(18)16-8-3-4-9-17(16)15(13)19/h5-7,18H,3-4,8-9H2,1-2H3. The van der Waals surface area contributed by atoms with Gasteiger partial charge < -0.3 is 5.11 Å². The molecule has 0 aliphatic carbocycles. The number of aryl methyl sites for hydroxylation is 2. The lowest BCUT2D eigenvalue weighted by Crippen LogP contribution is -2.27. The molecule has 19 heavy (non-hydrogen) atoms. The van der Waals surface area contributed by atoms with E-state index in [1.165, 1.54) is 0 Å². The van der Waals surface area contributed by atoms with Crippen LogP contribution in [-0.2, 0) is 13.1 Å². The number of nitrogens with zero attached hydrogens (tertiary/aromatic N) is 2. The fourth-order valence-corrected chi connectivity index (χ4v) is 2.98. The average molecular weight is 258 g/mol. The van der Waals surface area contributed by atoms with Gasteiger partial charge in [0, 0.05) is 13.1 Å². The van der Waals surface area contributed by atoms with Crippen molar-refractivity contribution in [3.63, 3.8) is 0 Å². The van der Waals surface area contributed by atoms with Crippen LogP contribution in [0.5, 0.6) is 5.88 Å². The largest absolute Gasteiger partial charge is 0.493 e. The third-order valence-electron chi connectivity index (χ3n) is 3.93. The molecule has 4 nitrogen and oxygen atoms in total. The molecule has 1 N–H and O–H groups in total. The van der Waals surface area contributed by atoms with E-state index < -0.39 is 0 Å². The summed E-state index contributed by atoms with van der Waals surface area (Å²) >= 11 is 0. The average Bonchev–Trinajstić information content (AvgIpc) is 2.64. The van der Waals surface area contributed by atoms with Gasteiger partial charge in [-0.3, -0.25) is 9.48 Å². The predicted octanol–water partition coefficient (Wildman–Crippen LogP) is 2.43. The smallest absolute Gasteiger partial charge is 0.278 e. The van der Waals surface area contributed by atoms with Crippen molar-refractivity contribution in [3.8, 4) is 17.0 Å². The Bertz CT molecular complexity index is 675. The molecule has 1 aliphatic heterocycles. The zero-order valence-corrected chi connectivity index (χ0v) is 11.3. The van der Waals surface area contributed by atoms with E-state index >= 15 is 0 Å². The monoisotopic (exact) mass is 258 g/mol. The van der Waals surface area contributed by atoms with E-state index in [0.717, 1.165) is 29.5 Å². The number of fused-ring (bicyclic) bond motifs is 1. The first-order valence-corrected chi connectivity index (χ1v) is 6.70. The zero-order valence-electron chi connectivity index (χ0n) is 11.3. The van der Waals surface area contributed by atoms with Crippen LogP contribution in [-0.4, -0.2) is 14.5 Å². The fraction of sp³-hybridized carbons (Fsp3) is 0.400. The minimum absolute atomic E-state index is 0.0744. The van der Waals surface area contributed by atoms with Crippen molar-refractivity contribution >= 4 is 0 Å². The first-order chi connectivity index (χ1) is 9.11. The van der Waals surface area contributed by atoms with Crippen molar-refractivity contribution in [2.24, 2.45) is 0 Å². The van der Waals surface area contributed by atoms with Gasteiger partial charge in [-0.2, -0.15) is 0 Å². The molecule has 0 atom stereocenters. The molecule has 2 aromatic rings. The summed E-state index contributed by atoms with van der Waals surface area (Å²) in [6, 6.07) is 5.92. The minimum atomic E-state index is -0.0744. The van der Waals surface area contributed by atoms with Gasteiger partial charge in [-0.1, -0.05) is 18.2 Å². The molecular weight excluding hydrogens is 240 g/mol. The van der Waals surface area contributed by atoms with Gasteiger partial charge in [-0.15, -0.1) is 0 Å². The van der Waals surface area contributed by atoms with Crippen LogP contribution in [0, 0.1) is 13.8 Å². The molecule has 4 heteroatoms. The summed E-state index contributed by atoms with van der Waals surface area (Å²) in [6.07, 6.45) is 2.00. The summed E-state index contributed by atoms with van der Waals surface area (Å²) in [5.74, 6) is 0.113. The SMILES string of the molecule is Cc1cccc(C)c1-c1c(O)n2n(c1=O)CCCC2. The Morgan fingerprint density at radius 2 is 1.58 bits per heavy atom. The zero-order chi connectivity index (χ0) is 13.6. The summed E-state index contributed by atoms with van der Waals surface area (Å²) in [5, 5.41) is 10.4. The van der Waals surface area contributed by atoms with E-state index in [0.29, 0.717) is 18.7 Å². The number of hydrogen-bond donors (Lipinski definition) is 1. The Morgan fingerprint density at radius 1 is 1.00 bits per heavy atom. The quantitative estimate of drug-likeness (QED) is 0.854. The van der Waals surface area contributed by atoms with Crippen molar-refractivity contribution in [1.82, 2.24) is 9.36 Å². The highest BCUT2D eigenvalue weighted by Gasteiger charge is 2.24. The second-order valence-corrected chi connectivity index (χ2v) is 5.22. The molecule has 3 rings (SSSR count). The van der Waals surface area contributed by atoms with E-state index in [4.69, 9.17) is 0 Å². The number of benzene rings is 1. The molecule has 0 fully saturated rings. The highest BCUT2D eigenvalue weighted by Crippen LogP contribution is 2.32. The lowest BCUT2D eigenvalue weighted by molar-refractivity contribution is 0.305. The summed E-state index contributed by atoms with van der Waals surface area (Å²) in [7, 11) is 0. The van der Waals surface area contributed by atoms with Gasteiger partial charge in [0.2, 0.25) is 5.88 Å². The second-order valence-electron chi connectivity index (χ2n) is 5.22.